The first-order valence-electron chi connectivity index (χ1n) is 12.2. The lowest BCUT2D eigenvalue weighted by Crippen LogP contribution is -2.43. The van der Waals surface area contributed by atoms with Crippen LogP contribution in [0.2, 0.25) is 0 Å². The Kier molecular flexibility index (Phi) is 7.45. The Morgan fingerprint density at radius 2 is 1.75 bits per heavy atom. The van der Waals surface area contributed by atoms with Gasteiger partial charge in [0.15, 0.2) is 0 Å². The van der Waals surface area contributed by atoms with E-state index in [2.05, 4.69) is 20.6 Å². The number of nitrogens with zero attached hydrogens (tertiary/aromatic N) is 3. The summed E-state index contributed by atoms with van der Waals surface area (Å²) in [5.74, 6) is 0.0622. The lowest BCUT2D eigenvalue weighted by atomic mass is 9.97. The molecule has 1 aliphatic heterocycles. The highest BCUT2D eigenvalue weighted by Gasteiger charge is 2.43. The summed E-state index contributed by atoms with van der Waals surface area (Å²) < 4.78 is 57.9. The maximum atomic E-state index is 14.0. The van der Waals surface area contributed by atoms with Gasteiger partial charge in [-0.15, -0.1) is 0 Å². The average Bonchev–Trinajstić information content (AvgIpc) is 3.41. The van der Waals surface area contributed by atoms with E-state index in [1.54, 1.807) is 36.4 Å². The number of hydrogen-bond acceptors (Lipinski definition) is 9. The summed E-state index contributed by atoms with van der Waals surface area (Å²) in [5.41, 5.74) is -0.139. The number of rotatable bonds is 6. The Balaban J connectivity index is 0.000000758. The number of benzene rings is 2. The molecule has 0 bridgehead atoms. The van der Waals surface area contributed by atoms with Crippen molar-refractivity contribution in [1.29, 1.82) is 0 Å². The van der Waals surface area contributed by atoms with Gasteiger partial charge in [-0.25, -0.2) is 4.79 Å². The second-order valence-corrected chi connectivity index (χ2v) is 9.27. The molecule has 6 rings (SSSR count). The molecule has 2 atom stereocenters. The highest BCUT2D eigenvalue weighted by atomic mass is 19.4. The van der Waals surface area contributed by atoms with Gasteiger partial charge in [-0.3, -0.25) is 0 Å². The van der Waals surface area contributed by atoms with Crippen LogP contribution in [-0.4, -0.2) is 56.0 Å². The van der Waals surface area contributed by atoms with Gasteiger partial charge in [-0.2, -0.15) is 18.2 Å². The fraction of sp³-hybridized carbons (Fsp3) is 0.308. The van der Waals surface area contributed by atoms with Crippen molar-refractivity contribution in [3.63, 3.8) is 0 Å². The molecule has 3 heterocycles. The number of halogens is 3. The van der Waals surface area contributed by atoms with Crippen LogP contribution in [0.4, 0.5) is 18.0 Å². The number of aliphatic hydroxyl groups excluding tert-OH is 1. The zero-order valence-corrected chi connectivity index (χ0v) is 20.6. The zero-order valence-electron chi connectivity index (χ0n) is 20.6. The van der Waals surface area contributed by atoms with E-state index in [0.29, 0.717) is 22.8 Å². The molecule has 0 amide bonds. The van der Waals surface area contributed by atoms with Crippen molar-refractivity contribution in [2.45, 2.75) is 31.2 Å². The Hall–Kier alpha value is -4.43. The van der Waals surface area contributed by atoms with Gasteiger partial charge in [0, 0.05) is 16.7 Å². The van der Waals surface area contributed by atoms with Crippen molar-refractivity contribution < 1.29 is 47.1 Å². The second-order valence-electron chi connectivity index (χ2n) is 9.27. The minimum Gasteiger partial charge on any atom is -0.491 e. The van der Waals surface area contributed by atoms with Crippen LogP contribution in [0.15, 0.2) is 57.6 Å². The summed E-state index contributed by atoms with van der Waals surface area (Å²) in [6.07, 6.45) is -4.94. The number of fused-ring (bicyclic) bond motifs is 1. The summed E-state index contributed by atoms with van der Waals surface area (Å²) in [7, 11) is 0. The molecule has 0 unspecified atom stereocenters. The summed E-state index contributed by atoms with van der Waals surface area (Å²) in [4.78, 5) is 12.7. The topological polar surface area (TPSA) is 164 Å². The molecule has 4 N–H and O–H groups in total. The monoisotopic (exact) mass is 560 g/mol. The molecule has 1 aliphatic carbocycles. The van der Waals surface area contributed by atoms with Gasteiger partial charge >= 0.3 is 12.3 Å². The number of carbonyl (C=O) groups is 1. The van der Waals surface area contributed by atoms with Crippen molar-refractivity contribution in [1.82, 2.24) is 20.6 Å². The number of aromatic nitrogens is 3. The first-order chi connectivity index (χ1) is 19.1. The van der Waals surface area contributed by atoms with E-state index < -0.39 is 35.7 Å². The van der Waals surface area contributed by atoms with Crippen LogP contribution in [0.1, 0.15) is 30.1 Å². The van der Waals surface area contributed by atoms with Gasteiger partial charge in [0.2, 0.25) is 11.6 Å². The van der Waals surface area contributed by atoms with Crippen LogP contribution in [0.25, 0.3) is 34.3 Å². The predicted octanol–water partition coefficient (Wildman–Crippen LogP) is 5.09. The Bertz CT molecular complexity index is 1480. The SMILES string of the molecule is O=C(O)O.O[C@@H]1c2ccc(-c3noc(-c4onc(-c5ccccc5)c4C(F)(F)F)n3)cc2OC[C@@H]1NCC1CC1. The molecule has 1 fully saturated rings. The quantitative estimate of drug-likeness (QED) is 0.248. The van der Waals surface area contributed by atoms with Crippen LogP contribution in [-0.2, 0) is 6.18 Å². The smallest absolute Gasteiger partial charge is 0.491 e. The fourth-order valence-corrected chi connectivity index (χ4v) is 4.27. The molecule has 2 aliphatic rings. The number of ether oxygens (including phenoxy) is 1. The normalized spacial score (nSPS) is 18.3. The summed E-state index contributed by atoms with van der Waals surface area (Å²) >= 11 is 0. The Labute approximate surface area is 224 Å². The lowest BCUT2D eigenvalue weighted by Gasteiger charge is -2.31. The van der Waals surface area contributed by atoms with E-state index in [1.807, 2.05) is 0 Å². The summed E-state index contributed by atoms with van der Waals surface area (Å²) in [6.45, 7) is 1.13. The van der Waals surface area contributed by atoms with Gasteiger partial charge in [0.05, 0.1) is 6.04 Å². The van der Waals surface area contributed by atoms with Crippen molar-refractivity contribution in [2.75, 3.05) is 13.2 Å². The van der Waals surface area contributed by atoms with Gasteiger partial charge in [0.25, 0.3) is 5.89 Å². The van der Waals surface area contributed by atoms with E-state index in [9.17, 15) is 18.3 Å². The molecule has 2 aromatic carbocycles. The molecule has 14 heteroatoms. The Morgan fingerprint density at radius 1 is 1.02 bits per heavy atom. The molecule has 210 valence electrons. The molecule has 0 radical (unpaired) electrons. The average molecular weight is 560 g/mol. The third kappa shape index (κ3) is 5.92. The lowest BCUT2D eigenvalue weighted by molar-refractivity contribution is -0.137. The van der Waals surface area contributed by atoms with E-state index >= 15 is 0 Å². The zero-order chi connectivity index (χ0) is 28.4. The standard InChI is InChI=1S/C25H21F3N4O4.CH2O3/c26-25(27,28)19-20(14-4-2-1-3-5-14)31-35-22(19)24-30-23(32-36-24)15-8-9-16-18(10-15)34-12-17(21(16)33)29-11-13-6-7-13;2-1(3)4/h1-5,8-10,13,17,21,29,33H,6-7,11-12H2;(H2,2,3,4)/t17-,21+;/m0./s1. The van der Waals surface area contributed by atoms with E-state index in [4.69, 9.17) is 28.8 Å². The van der Waals surface area contributed by atoms with Gasteiger partial charge in [-0.1, -0.05) is 52.8 Å². The Morgan fingerprint density at radius 3 is 2.42 bits per heavy atom. The van der Waals surface area contributed by atoms with Gasteiger partial charge in [-0.05, 0) is 31.4 Å². The maximum Gasteiger partial charge on any atom is 0.503 e. The van der Waals surface area contributed by atoms with Gasteiger partial charge in [0.1, 0.15) is 29.7 Å². The van der Waals surface area contributed by atoms with Gasteiger partial charge < -0.3 is 34.4 Å². The van der Waals surface area contributed by atoms with Crippen molar-refractivity contribution in [3.05, 3.63) is 59.7 Å². The largest absolute Gasteiger partial charge is 0.503 e. The summed E-state index contributed by atoms with van der Waals surface area (Å²) in [5, 5.41) is 35.5. The molecule has 0 spiro atoms. The number of hydrogen-bond donors (Lipinski definition) is 4. The van der Waals surface area contributed by atoms with Crippen LogP contribution in [0.5, 0.6) is 5.75 Å². The minimum atomic E-state index is -4.77. The van der Waals surface area contributed by atoms with Crippen molar-refractivity contribution in [3.8, 4) is 40.0 Å². The van der Waals surface area contributed by atoms with Crippen molar-refractivity contribution in [2.24, 2.45) is 5.92 Å². The third-order valence-corrected chi connectivity index (χ3v) is 6.40. The predicted molar refractivity (Wildman–Crippen MR) is 131 cm³/mol. The molecule has 2 aromatic heterocycles. The van der Waals surface area contributed by atoms with E-state index in [0.717, 1.165) is 6.54 Å². The first kappa shape index (κ1) is 27.1. The molecule has 4 aromatic rings. The van der Waals surface area contributed by atoms with Crippen LogP contribution in [0.3, 0.4) is 0 Å². The van der Waals surface area contributed by atoms with Crippen LogP contribution >= 0.6 is 0 Å². The van der Waals surface area contributed by atoms with E-state index in [1.165, 1.54) is 25.0 Å². The molecule has 1 saturated carbocycles. The van der Waals surface area contributed by atoms with Crippen LogP contribution in [0, 0.1) is 5.92 Å². The molecule has 11 nitrogen and oxygen atoms in total. The van der Waals surface area contributed by atoms with Crippen molar-refractivity contribution >= 4 is 6.16 Å². The van der Waals surface area contributed by atoms with Crippen LogP contribution < -0.4 is 10.1 Å². The van der Waals surface area contributed by atoms with E-state index in [-0.39, 0.29) is 29.7 Å². The third-order valence-electron chi connectivity index (χ3n) is 6.40. The molecular formula is C26H23F3N4O7. The molecule has 0 saturated heterocycles. The number of nitrogens with one attached hydrogen (secondary N) is 1. The maximum absolute atomic E-state index is 14.0. The highest BCUT2D eigenvalue weighted by Crippen LogP contribution is 2.43. The molecule has 40 heavy (non-hydrogen) atoms. The fourth-order valence-electron chi connectivity index (χ4n) is 4.27. The summed E-state index contributed by atoms with van der Waals surface area (Å²) in [6, 6.07) is 12.7. The second kappa shape index (κ2) is 11.0. The molecular weight excluding hydrogens is 537 g/mol. The number of alkyl halides is 3. The number of aliphatic hydroxyl groups is 1. The number of carboxylic acid groups (broad SMARTS) is 2. The first-order valence-corrected chi connectivity index (χ1v) is 12.2. The highest BCUT2D eigenvalue weighted by molar-refractivity contribution is 5.71. The minimum absolute atomic E-state index is 0.0469.